The van der Waals surface area contributed by atoms with Gasteiger partial charge in [-0.25, -0.2) is 4.79 Å². The molecule has 3 rings (SSSR count). The minimum atomic E-state index is -0.465. The summed E-state index contributed by atoms with van der Waals surface area (Å²) < 4.78 is 5.12. The fourth-order valence-corrected chi connectivity index (χ4v) is 3.34. The first-order chi connectivity index (χ1) is 15.0. The lowest BCUT2D eigenvalue weighted by molar-refractivity contribution is -0.138. The zero-order valence-corrected chi connectivity index (χ0v) is 17.8. The molecule has 0 aromatic heterocycles. The predicted molar refractivity (Wildman–Crippen MR) is 121 cm³/mol. The average molecular weight is 421 g/mol. The number of carbonyl (C=O) groups excluding carboxylic acids is 3. The van der Waals surface area contributed by atoms with E-state index in [1.54, 1.807) is 11.0 Å². The summed E-state index contributed by atoms with van der Waals surface area (Å²) in [6, 6.07) is 15.6. The lowest BCUT2D eigenvalue weighted by Gasteiger charge is -2.15. The van der Waals surface area contributed by atoms with Crippen LogP contribution in [-0.4, -0.2) is 37.5 Å². The monoisotopic (exact) mass is 420 g/mol. The van der Waals surface area contributed by atoms with Gasteiger partial charge in [-0.15, -0.1) is 0 Å². The Kier molecular flexibility index (Phi) is 7.98. The van der Waals surface area contributed by atoms with E-state index in [1.165, 1.54) is 11.6 Å². The van der Waals surface area contributed by atoms with Gasteiger partial charge in [0.15, 0.2) is 0 Å². The lowest BCUT2D eigenvalue weighted by atomic mass is 10.1. The SMILES string of the molecule is Cc1ccc(CCC(=O)NCCOC(=O)C=Cc2ccc(N3CCCC3=O)cc2)cc1. The van der Waals surface area contributed by atoms with Crippen LogP contribution >= 0.6 is 0 Å². The Morgan fingerprint density at radius 1 is 1.10 bits per heavy atom. The number of carbonyl (C=O) groups is 3. The van der Waals surface area contributed by atoms with Crippen molar-refractivity contribution in [2.24, 2.45) is 0 Å². The van der Waals surface area contributed by atoms with E-state index in [0.717, 1.165) is 29.8 Å². The molecule has 0 bridgehead atoms. The molecule has 162 valence electrons. The number of benzene rings is 2. The fraction of sp³-hybridized carbons (Fsp3) is 0.320. The Morgan fingerprint density at radius 3 is 2.52 bits per heavy atom. The van der Waals surface area contributed by atoms with E-state index in [-0.39, 0.29) is 25.0 Å². The normalized spacial score (nSPS) is 13.6. The third-order valence-corrected chi connectivity index (χ3v) is 5.12. The van der Waals surface area contributed by atoms with E-state index >= 15 is 0 Å². The zero-order chi connectivity index (χ0) is 22.1. The molecule has 6 heteroatoms. The van der Waals surface area contributed by atoms with Crippen LogP contribution in [0, 0.1) is 6.92 Å². The van der Waals surface area contributed by atoms with Crippen LogP contribution in [0.1, 0.15) is 36.0 Å². The Labute approximate surface area is 182 Å². The van der Waals surface area contributed by atoms with E-state index in [1.807, 2.05) is 55.5 Å². The van der Waals surface area contributed by atoms with Crippen molar-refractivity contribution in [2.75, 3.05) is 24.6 Å². The van der Waals surface area contributed by atoms with Crippen molar-refractivity contribution in [3.05, 3.63) is 71.3 Å². The zero-order valence-electron chi connectivity index (χ0n) is 17.8. The highest BCUT2D eigenvalue weighted by Gasteiger charge is 2.21. The van der Waals surface area contributed by atoms with E-state index in [4.69, 9.17) is 4.74 Å². The van der Waals surface area contributed by atoms with Crippen molar-refractivity contribution < 1.29 is 19.1 Å². The first-order valence-electron chi connectivity index (χ1n) is 10.6. The highest BCUT2D eigenvalue weighted by atomic mass is 16.5. The molecular weight excluding hydrogens is 392 g/mol. The van der Waals surface area contributed by atoms with Gasteiger partial charge in [-0.05, 0) is 49.1 Å². The summed E-state index contributed by atoms with van der Waals surface area (Å²) in [6.45, 7) is 3.19. The number of ether oxygens (including phenoxy) is 1. The molecule has 0 atom stereocenters. The predicted octanol–water partition coefficient (Wildman–Crippen LogP) is 3.43. The summed E-state index contributed by atoms with van der Waals surface area (Å²) in [5.74, 6) is -0.384. The molecule has 1 aliphatic rings. The lowest BCUT2D eigenvalue weighted by Crippen LogP contribution is -2.28. The van der Waals surface area contributed by atoms with Crippen molar-refractivity contribution in [1.29, 1.82) is 0 Å². The topological polar surface area (TPSA) is 75.7 Å². The molecule has 31 heavy (non-hydrogen) atoms. The third kappa shape index (κ3) is 7.10. The highest BCUT2D eigenvalue weighted by Crippen LogP contribution is 2.21. The van der Waals surface area contributed by atoms with Gasteiger partial charge in [0.2, 0.25) is 11.8 Å². The van der Waals surface area contributed by atoms with Crippen molar-refractivity contribution in [2.45, 2.75) is 32.6 Å². The summed E-state index contributed by atoms with van der Waals surface area (Å²) >= 11 is 0. The first-order valence-corrected chi connectivity index (χ1v) is 10.6. The summed E-state index contributed by atoms with van der Waals surface area (Å²) in [6.07, 6.45) is 5.59. The standard InChI is InChI=1S/C25H28N2O4/c1-19-4-6-20(7-5-19)10-14-23(28)26-16-18-31-25(30)15-11-21-8-12-22(13-9-21)27-17-2-3-24(27)29/h4-9,11-13,15H,2-3,10,14,16-18H2,1H3,(H,26,28). The summed E-state index contributed by atoms with van der Waals surface area (Å²) in [7, 11) is 0. The molecule has 1 aliphatic heterocycles. The number of hydrogen-bond acceptors (Lipinski definition) is 4. The number of amides is 2. The number of nitrogens with one attached hydrogen (secondary N) is 1. The summed E-state index contributed by atoms with van der Waals surface area (Å²) in [4.78, 5) is 37.3. The summed E-state index contributed by atoms with van der Waals surface area (Å²) in [5, 5.41) is 2.76. The number of aryl methyl sites for hydroxylation is 2. The van der Waals surface area contributed by atoms with Crippen molar-refractivity contribution >= 4 is 29.5 Å². The number of nitrogens with zero attached hydrogens (tertiary/aromatic N) is 1. The molecule has 0 unspecified atom stereocenters. The second-order valence-electron chi connectivity index (χ2n) is 7.58. The van der Waals surface area contributed by atoms with Crippen molar-refractivity contribution in [3.63, 3.8) is 0 Å². The highest BCUT2D eigenvalue weighted by molar-refractivity contribution is 5.95. The minimum absolute atomic E-state index is 0.0660. The third-order valence-electron chi connectivity index (χ3n) is 5.12. The Morgan fingerprint density at radius 2 is 1.84 bits per heavy atom. The minimum Gasteiger partial charge on any atom is -0.461 e. The number of rotatable bonds is 9. The number of esters is 1. The van der Waals surface area contributed by atoms with Crippen LogP contribution in [0.15, 0.2) is 54.6 Å². The van der Waals surface area contributed by atoms with Crippen LogP contribution in [0.3, 0.4) is 0 Å². The maximum atomic E-state index is 11.9. The number of anilines is 1. The van der Waals surface area contributed by atoms with Gasteiger partial charge in [0.25, 0.3) is 0 Å². The van der Waals surface area contributed by atoms with Gasteiger partial charge in [-0.3, -0.25) is 9.59 Å². The van der Waals surface area contributed by atoms with Gasteiger partial charge in [-0.2, -0.15) is 0 Å². The van der Waals surface area contributed by atoms with Gasteiger partial charge in [0.05, 0.1) is 6.54 Å². The molecule has 2 aromatic rings. The molecule has 0 saturated carbocycles. The van der Waals surface area contributed by atoms with Crippen LogP contribution in [0.2, 0.25) is 0 Å². The molecule has 2 aromatic carbocycles. The van der Waals surface area contributed by atoms with Gasteiger partial charge in [0, 0.05) is 31.1 Å². The summed E-state index contributed by atoms with van der Waals surface area (Å²) in [5.41, 5.74) is 4.04. The van der Waals surface area contributed by atoms with Gasteiger partial charge >= 0.3 is 5.97 Å². The van der Waals surface area contributed by atoms with E-state index in [2.05, 4.69) is 5.32 Å². The number of hydrogen-bond donors (Lipinski definition) is 1. The van der Waals surface area contributed by atoms with E-state index in [0.29, 0.717) is 19.3 Å². The van der Waals surface area contributed by atoms with Crippen LogP contribution in [0.25, 0.3) is 6.08 Å². The molecule has 0 spiro atoms. The van der Waals surface area contributed by atoms with Gasteiger partial charge < -0.3 is 15.0 Å². The van der Waals surface area contributed by atoms with Crippen LogP contribution in [0.4, 0.5) is 5.69 Å². The largest absolute Gasteiger partial charge is 0.461 e. The molecule has 1 N–H and O–H groups in total. The van der Waals surface area contributed by atoms with Crippen LogP contribution in [0.5, 0.6) is 0 Å². The van der Waals surface area contributed by atoms with Crippen molar-refractivity contribution in [1.82, 2.24) is 5.32 Å². The Balaban J connectivity index is 1.32. The van der Waals surface area contributed by atoms with Crippen LogP contribution in [-0.2, 0) is 25.5 Å². The van der Waals surface area contributed by atoms with Gasteiger partial charge in [0.1, 0.15) is 6.61 Å². The van der Waals surface area contributed by atoms with E-state index in [9.17, 15) is 14.4 Å². The molecule has 2 amide bonds. The smallest absolute Gasteiger partial charge is 0.330 e. The maximum absolute atomic E-state index is 11.9. The maximum Gasteiger partial charge on any atom is 0.330 e. The average Bonchev–Trinajstić information content (AvgIpc) is 3.21. The fourth-order valence-electron chi connectivity index (χ4n) is 3.34. The molecule has 6 nitrogen and oxygen atoms in total. The second kappa shape index (κ2) is 11.1. The molecule has 1 heterocycles. The molecule has 1 fully saturated rings. The first kappa shape index (κ1) is 22.3. The van der Waals surface area contributed by atoms with Crippen LogP contribution < -0.4 is 10.2 Å². The second-order valence-corrected chi connectivity index (χ2v) is 7.58. The molecule has 0 aliphatic carbocycles. The molecule has 0 radical (unpaired) electrons. The molecular formula is C25H28N2O4. The Bertz CT molecular complexity index is 933. The quantitative estimate of drug-likeness (QED) is 0.383. The van der Waals surface area contributed by atoms with Crippen molar-refractivity contribution in [3.8, 4) is 0 Å². The Hall–Kier alpha value is -3.41. The van der Waals surface area contributed by atoms with E-state index < -0.39 is 5.97 Å². The molecule has 1 saturated heterocycles. The van der Waals surface area contributed by atoms with Gasteiger partial charge in [-0.1, -0.05) is 42.0 Å².